The molecule has 1 heterocycles. The van der Waals surface area contributed by atoms with E-state index in [1.807, 2.05) is 0 Å². The molecule has 1 aliphatic heterocycles. The smallest absolute Gasteiger partial charge is 0.0286 e. The molecule has 1 aliphatic carbocycles. The molecule has 3 heteroatoms. The van der Waals surface area contributed by atoms with Crippen LogP contribution >= 0.6 is 11.8 Å². The highest BCUT2D eigenvalue weighted by Crippen LogP contribution is 2.32. The van der Waals surface area contributed by atoms with Crippen LogP contribution < -0.4 is 5.73 Å². The van der Waals surface area contributed by atoms with Gasteiger partial charge in [-0.15, -0.1) is 0 Å². The Balaban J connectivity index is 1.91. The maximum atomic E-state index is 6.59. The molecule has 2 fully saturated rings. The molecule has 0 bridgehead atoms. The van der Waals surface area contributed by atoms with Crippen molar-refractivity contribution in [2.45, 2.75) is 51.1 Å². The molecule has 0 aromatic heterocycles. The van der Waals surface area contributed by atoms with E-state index in [9.17, 15) is 0 Å². The molecule has 1 saturated carbocycles. The van der Waals surface area contributed by atoms with E-state index < -0.39 is 0 Å². The van der Waals surface area contributed by atoms with Gasteiger partial charge in [-0.3, -0.25) is 4.90 Å². The molecule has 3 unspecified atom stereocenters. The first kappa shape index (κ1) is 12.7. The number of hydrogen-bond acceptors (Lipinski definition) is 3. The summed E-state index contributed by atoms with van der Waals surface area (Å²) in [5.41, 5.74) is 6.70. The van der Waals surface area contributed by atoms with Gasteiger partial charge in [-0.2, -0.15) is 11.8 Å². The van der Waals surface area contributed by atoms with Crippen molar-refractivity contribution in [2.75, 3.05) is 24.6 Å². The lowest BCUT2D eigenvalue weighted by atomic mass is 9.76. The van der Waals surface area contributed by atoms with Crippen LogP contribution in [0.2, 0.25) is 0 Å². The van der Waals surface area contributed by atoms with E-state index in [-0.39, 0.29) is 5.54 Å². The zero-order valence-electron chi connectivity index (χ0n) is 10.7. The van der Waals surface area contributed by atoms with Gasteiger partial charge in [0.25, 0.3) is 0 Å². The van der Waals surface area contributed by atoms with Crippen molar-refractivity contribution in [3.8, 4) is 0 Å². The molecule has 0 radical (unpaired) electrons. The largest absolute Gasteiger partial charge is 0.324 e. The van der Waals surface area contributed by atoms with Crippen molar-refractivity contribution in [3.05, 3.63) is 0 Å². The van der Waals surface area contributed by atoms with E-state index in [1.165, 1.54) is 43.7 Å². The van der Waals surface area contributed by atoms with Crippen molar-refractivity contribution in [1.29, 1.82) is 0 Å². The summed E-state index contributed by atoms with van der Waals surface area (Å²) in [6.45, 7) is 7.07. The van der Waals surface area contributed by atoms with Crippen LogP contribution in [0, 0.1) is 5.92 Å². The van der Waals surface area contributed by atoms with Crippen LogP contribution in [0.3, 0.4) is 0 Å². The minimum Gasteiger partial charge on any atom is -0.324 e. The molecule has 16 heavy (non-hydrogen) atoms. The summed E-state index contributed by atoms with van der Waals surface area (Å²) in [6, 6.07) is 0.719. The van der Waals surface area contributed by atoms with Gasteiger partial charge in [0.1, 0.15) is 0 Å². The van der Waals surface area contributed by atoms with Gasteiger partial charge in [0.15, 0.2) is 0 Å². The van der Waals surface area contributed by atoms with E-state index in [2.05, 4.69) is 30.5 Å². The van der Waals surface area contributed by atoms with Crippen LogP contribution in [-0.2, 0) is 0 Å². The Morgan fingerprint density at radius 2 is 2.25 bits per heavy atom. The van der Waals surface area contributed by atoms with E-state index in [1.54, 1.807) is 0 Å². The number of nitrogens with two attached hydrogens (primary N) is 1. The highest BCUT2D eigenvalue weighted by atomic mass is 32.2. The molecule has 0 spiro atoms. The summed E-state index contributed by atoms with van der Waals surface area (Å²) in [6.07, 6.45) is 5.16. The Kier molecular flexibility index (Phi) is 4.20. The first-order chi connectivity index (χ1) is 7.59. The maximum Gasteiger partial charge on any atom is 0.0286 e. The normalized spacial score (nSPS) is 42.2. The second-order valence-corrected chi connectivity index (χ2v) is 7.11. The van der Waals surface area contributed by atoms with Crippen molar-refractivity contribution in [1.82, 2.24) is 4.90 Å². The summed E-state index contributed by atoms with van der Waals surface area (Å²) in [4.78, 5) is 2.62. The van der Waals surface area contributed by atoms with Gasteiger partial charge in [0.05, 0.1) is 0 Å². The van der Waals surface area contributed by atoms with Gasteiger partial charge in [0.2, 0.25) is 0 Å². The molecule has 94 valence electrons. The third-order valence-corrected chi connectivity index (χ3v) is 5.34. The number of rotatable bonds is 2. The highest BCUT2D eigenvalue weighted by molar-refractivity contribution is 7.99. The molecule has 0 aromatic carbocycles. The summed E-state index contributed by atoms with van der Waals surface area (Å²) >= 11 is 2.09. The average Bonchev–Trinajstić information content (AvgIpc) is 2.21. The number of nitrogens with zero attached hydrogens (tertiary/aromatic N) is 1. The Labute approximate surface area is 104 Å². The first-order valence-corrected chi connectivity index (χ1v) is 7.85. The van der Waals surface area contributed by atoms with E-state index in [0.29, 0.717) is 0 Å². The lowest BCUT2D eigenvalue weighted by molar-refractivity contribution is 0.131. The Hall–Kier alpha value is 0.270. The fraction of sp³-hybridized carbons (Fsp3) is 1.00. The van der Waals surface area contributed by atoms with Crippen molar-refractivity contribution >= 4 is 11.8 Å². The lowest BCUT2D eigenvalue weighted by Crippen LogP contribution is -2.56. The monoisotopic (exact) mass is 242 g/mol. The minimum absolute atomic E-state index is 0.105. The van der Waals surface area contributed by atoms with E-state index in [0.717, 1.165) is 18.5 Å². The van der Waals surface area contributed by atoms with Gasteiger partial charge in [-0.25, -0.2) is 0 Å². The second kappa shape index (κ2) is 5.28. The Morgan fingerprint density at radius 1 is 1.44 bits per heavy atom. The fourth-order valence-electron chi connectivity index (χ4n) is 3.25. The van der Waals surface area contributed by atoms with Gasteiger partial charge < -0.3 is 5.73 Å². The van der Waals surface area contributed by atoms with Crippen LogP contribution in [-0.4, -0.2) is 41.1 Å². The van der Waals surface area contributed by atoms with Gasteiger partial charge in [-0.1, -0.05) is 19.8 Å². The number of hydrogen-bond donors (Lipinski definition) is 1. The molecule has 3 atom stereocenters. The zero-order chi connectivity index (χ0) is 11.6. The average molecular weight is 242 g/mol. The quantitative estimate of drug-likeness (QED) is 0.806. The SMILES string of the molecule is CC1CCCC(N)(CN2CCSCC2C)C1. The molecular formula is C13H26N2S. The van der Waals surface area contributed by atoms with Crippen LogP contribution in [0.15, 0.2) is 0 Å². The zero-order valence-corrected chi connectivity index (χ0v) is 11.6. The van der Waals surface area contributed by atoms with E-state index in [4.69, 9.17) is 5.73 Å². The predicted octanol–water partition coefficient (Wildman–Crippen LogP) is 2.33. The summed E-state index contributed by atoms with van der Waals surface area (Å²) in [5.74, 6) is 3.40. The Morgan fingerprint density at radius 3 is 2.94 bits per heavy atom. The molecule has 0 amide bonds. The fourth-order valence-corrected chi connectivity index (χ4v) is 4.33. The predicted molar refractivity (Wildman–Crippen MR) is 72.9 cm³/mol. The van der Waals surface area contributed by atoms with Crippen molar-refractivity contribution in [2.24, 2.45) is 11.7 Å². The third-order valence-electron chi connectivity index (χ3n) is 4.15. The van der Waals surface area contributed by atoms with Crippen LogP contribution in [0.1, 0.15) is 39.5 Å². The van der Waals surface area contributed by atoms with Crippen LogP contribution in [0.25, 0.3) is 0 Å². The summed E-state index contributed by atoms with van der Waals surface area (Å²) < 4.78 is 0. The van der Waals surface area contributed by atoms with Gasteiger partial charge in [0, 0.05) is 36.2 Å². The molecule has 1 saturated heterocycles. The molecule has 2 nitrogen and oxygen atoms in total. The number of thioether (sulfide) groups is 1. The lowest BCUT2D eigenvalue weighted by Gasteiger charge is -2.43. The summed E-state index contributed by atoms with van der Waals surface area (Å²) in [7, 11) is 0. The first-order valence-electron chi connectivity index (χ1n) is 6.70. The van der Waals surface area contributed by atoms with E-state index >= 15 is 0 Å². The Bertz CT molecular complexity index is 234. The van der Waals surface area contributed by atoms with Crippen LogP contribution in [0.5, 0.6) is 0 Å². The van der Waals surface area contributed by atoms with Gasteiger partial charge >= 0.3 is 0 Å². The van der Waals surface area contributed by atoms with Crippen LogP contribution in [0.4, 0.5) is 0 Å². The summed E-state index contributed by atoms with van der Waals surface area (Å²) in [5, 5.41) is 0. The minimum atomic E-state index is 0.105. The molecular weight excluding hydrogens is 216 g/mol. The third kappa shape index (κ3) is 3.14. The van der Waals surface area contributed by atoms with Crippen molar-refractivity contribution in [3.63, 3.8) is 0 Å². The standard InChI is InChI=1S/C13H26N2S/c1-11-4-3-5-13(14,8-11)10-15-6-7-16-9-12(15)2/h11-12H,3-10,14H2,1-2H3. The molecule has 2 aliphatic rings. The topological polar surface area (TPSA) is 29.3 Å². The van der Waals surface area contributed by atoms with Crippen molar-refractivity contribution < 1.29 is 0 Å². The molecule has 0 aromatic rings. The maximum absolute atomic E-state index is 6.59. The highest BCUT2D eigenvalue weighted by Gasteiger charge is 2.34. The van der Waals surface area contributed by atoms with Gasteiger partial charge in [-0.05, 0) is 25.7 Å². The second-order valence-electron chi connectivity index (χ2n) is 5.96. The molecule has 2 rings (SSSR count). The molecule has 2 N–H and O–H groups in total.